The van der Waals surface area contributed by atoms with Crippen LogP contribution in [0, 0.1) is 18.3 Å². The van der Waals surface area contributed by atoms with Crippen LogP contribution in [0.4, 0.5) is 13.2 Å². The number of aryl methyl sites for hydroxylation is 1. The Labute approximate surface area is 396 Å². The molecule has 10 aromatic carbocycles. The number of aromatic nitrogens is 2. The minimum atomic E-state index is -4.59. The van der Waals surface area contributed by atoms with E-state index in [0.29, 0.717) is 33.6 Å². The van der Waals surface area contributed by atoms with Crippen molar-refractivity contribution in [2.24, 2.45) is 0 Å². The molecule has 6 heteroatoms. The quantitative estimate of drug-likeness (QED) is 0.157. The monoisotopic (exact) mass is 895 g/mol. The van der Waals surface area contributed by atoms with Crippen LogP contribution in [0.5, 0.6) is 0 Å². The molecule has 69 heavy (non-hydrogen) atoms. The maximum absolute atomic E-state index is 14.8. The first-order chi connectivity index (χ1) is 33.7. The summed E-state index contributed by atoms with van der Waals surface area (Å²) in [6.45, 7) is 1.70. The zero-order chi connectivity index (χ0) is 46.8. The highest BCUT2D eigenvalue weighted by Gasteiger charge is 2.32. The first-order valence-electron chi connectivity index (χ1n) is 22.9. The molecule has 0 aliphatic rings. The van der Waals surface area contributed by atoms with Crippen molar-refractivity contribution in [1.82, 2.24) is 9.13 Å². The van der Waals surface area contributed by atoms with E-state index in [4.69, 9.17) is 0 Å². The molecule has 0 saturated heterocycles. The normalized spacial score (nSPS) is 11.8. The van der Waals surface area contributed by atoms with Gasteiger partial charge >= 0.3 is 6.18 Å². The Hall–Kier alpha value is -8.92. The van der Waals surface area contributed by atoms with Gasteiger partial charge in [0, 0.05) is 27.1 Å². The maximum Gasteiger partial charge on any atom is 0.416 e. The standard InChI is InChI=1S/C63H40F3N3/c1-40-30-49(32-51(31-40)63(64,65)66)52-38-61(68-57-26-22-45(41-14-6-2-7-15-41)33-53(57)54-34-46(23-27-58(54)68)42-16-8-3-9-17-42)50(39-67)37-62(52)69-59-28-24-47(43-18-10-4-11-19-43)35-55(59)56-36-48(25-29-60(56)69)44-20-12-5-13-21-44/h2-38H,1H3. The summed E-state index contributed by atoms with van der Waals surface area (Å²) >= 11 is 0. The number of hydrogen-bond donors (Lipinski definition) is 0. The van der Waals surface area contributed by atoms with Gasteiger partial charge in [0.1, 0.15) is 6.07 Å². The molecule has 0 fully saturated rings. The minimum absolute atomic E-state index is 0.368. The van der Waals surface area contributed by atoms with E-state index in [1.54, 1.807) is 6.92 Å². The zero-order valence-electron chi connectivity index (χ0n) is 37.3. The molecule has 0 N–H and O–H groups in total. The Morgan fingerprint density at radius 1 is 0.362 bits per heavy atom. The van der Waals surface area contributed by atoms with Crippen molar-refractivity contribution in [3.05, 3.63) is 241 Å². The van der Waals surface area contributed by atoms with Crippen molar-refractivity contribution >= 4 is 43.6 Å². The van der Waals surface area contributed by atoms with Crippen molar-refractivity contribution in [2.75, 3.05) is 0 Å². The van der Waals surface area contributed by atoms with Crippen LogP contribution in [0.1, 0.15) is 16.7 Å². The lowest BCUT2D eigenvalue weighted by Crippen LogP contribution is -2.07. The molecular weight excluding hydrogens is 856 g/mol. The molecule has 0 atom stereocenters. The summed E-state index contributed by atoms with van der Waals surface area (Å²) in [6.07, 6.45) is -4.59. The van der Waals surface area contributed by atoms with Gasteiger partial charge in [0.25, 0.3) is 0 Å². The molecule has 12 aromatic rings. The van der Waals surface area contributed by atoms with Crippen LogP contribution in [0.15, 0.2) is 224 Å². The predicted molar refractivity (Wildman–Crippen MR) is 277 cm³/mol. The number of alkyl halides is 3. The molecule has 0 unspecified atom stereocenters. The fourth-order valence-electron chi connectivity index (χ4n) is 10.2. The fraction of sp³-hybridized carbons (Fsp3) is 0.0317. The molecule has 2 aromatic heterocycles. The first kappa shape index (κ1) is 41.5. The summed E-state index contributed by atoms with van der Waals surface area (Å²) in [4.78, 5) is 0. The minimum Gasteiger partial charge on any atom is -0.309 e. The van der Waals surface area contributed by atoms with Gasteiger partial charge < -0.3 is 9.13 Å². The average molecular weight is 896 g/mol. The molecule has 0 saturated carbocycles. The van der Waals surface area contributed by atoms with Gasteiger partial charge in [-0.3, -0.25) is 0 Å². The highest BCUT2D eigenvalue weighted by atomic mass is 19.4. The lowest BCUT2D eigenvalue weighted by atomic mass is 9.95. The summed E-state index contributed by atoms with van der Waals surface area (Å²) in [6, 6.07) is 76.9. The van der Waals surface area contributed by atoms with Crippen molar-refractivity contribution < 1.29 is 13.2 Å². The molecule has 3 nitrogen and oxygen atoms in total. The number of benzene rings is 10. The predicted octanol–water partition coefficient (Wildman–Crippen LogP) is 17.4. The summed E-state index contributed by atoms with van der Waals surface area (Å²) in [5, 5.41) is 15.3. The van der Waals surface area contributed by atoms with Crippen molar-refractivity contribution in [3.63, 3.8) is 0 Å². The van der Waals surface area contributed by atoms with Gasteiger partial charge in [0.2, 0.25) is 0 Å². The molecular formula is C63H40F3N3. The SMILES string of the molecule is Cc1cc(-c2cc(-n3c4ccc(-c5ccccc5)cc4c4cc(-c5ccccc5)ccc43)c(C#N)cc2-n2c3ccc(-c4ccccc4)cc3c3cc(-c4ccccc4)ccc32)cc(C(F)(F)F)c1. The average Bonchev–Trinajstić information content (AvgIpc) is 3.90. The second-order valence-corrected chi connectivity index (χ2v) is 17.6. The molecule has 0 aliphatic carbocycles. The van der Waals surface area contributed by atoms with Crippen LogP contribution in [-0.4, -0.2) is 9.13 Å². The molecule has 0 aliphatic heterocycles. The largest absolute Gasteiger partial charge is 0.416 e. The second kappa shape index (κ2) is 16.4. The third kappa shape index (κ3) is 7.24. The van der Waals surface area contributed by atoms with Gasteiger partial charge in [-0.1, -0.05) is 152 Å². The van der Waals surface area contributed by atoms with Crippen LogP contribution in [-0.2, 0) is 6.18 Å². The fourth-order valence-corrected chi connectivity index (χ4v) is 10.2. The van der Waals surface area contributed by atoms with Gasteiger partial charge in [-0.25, -0.2) is 0 Å². The summed E-state index contributed by atoms with van der Waals surface area (Å²) in [5.74, 6) is 0. The number of halogens is 3. The smallest absolute Gasteiger partial charge is 0.309 e. The molecule has 0 bridgehead atoms. The van der Waals surface area contributed by atoms with E-state index < -0.39 is 11.7 Å². The third-order valence-corrected chi connectivity index (χ3v) is 13.4. The Kier molecular flexibility index (Phi) is 9.89. The molecule has 0 amide bonds. The van der Waals surface area contributed by atoms with Gasteiger partial charge in [0.15, 0.2) is 0 Å². The van der Waals surface area contributed by atoms with Crippen molar-refractivity contribution in [2.45, 2.75) is 13.1 Å². The van der Waals surface area contributed by atoms with Crippen LogP contribution in [0.25, 0.3) is 111 Å². The molecule has 0 spiro atoms. The highest BCUT2D eigenvalue weighted by Crippen LogP contribution is 2.45. The topological polar surface area (TPSA) is 33.6 Å². The van der Waals surface area contributed by atoms with E-state index in [-0.39, 0.29) is 0 Å². The van der Waals surface area contributed by atoms with E-state index in [1.165, 1.54) is 12.1 Å². The third-order valence-electron chi connectivity index (χ3n) is 13.4. The van der Waals surface area contributed by atoms with E-state index in [9.17, 15) is 18.4 Å². The van der Waals surface area contributed by atoms with Gasteiger partial charge in [0.05, 0.1) is 44.6 Å². The molecule has 2 heterocycles. The number of hydrogen-bond acceptors (Lipinski definition) is 1. The van der Waals surface area contributed by atoms with E-state index in [2.05, 4.69) is 137 Å². The molecule has 12 rings (SSSR count). The highest BCUT2D eigenvalue weighted by molar-refractivity contribution is 6.14. The van der Waals surface area contributed by atoms with Crippen molar-refractivity contribution in [1.29, 1.82) is 5.26 Å². The van der Waals surface area contributed by atoms with E-state index in [1.807, 2.05) is 91.0 Å². The Balaban J connectivity index is 1.18. The summed E-state index contributed by atoms with van der Waals surface area (Å²) < 4.78 is 48.7. The number of rotatable bonds is 7. The number of fused-ring (bicyclic) bond motifs is 6. The number of nitriles is 1. The van der Waals surface area contributed by atoms with Gasteiger partial charge in [-0.15, -0.1) is 0 Å². The Morgan fingerprint density at radius 2 is 0.725 bits per heavy atom. The molecule has 0 radical (unpaired) electrons. The van der Waals surface area contributed by atoms with Crippen LogP contribution in [0.2, 0.25) is 0 Å². The summed E-state index contributed by atoms with van der Waals surface area (Å²) in [5.41, 5.74) is 14.0. The maximum atomic E-state index is 14.8. The van der Waals surface area contributed by atoms with E-state index >= 15 is 0 Å². The van der Waals surface area contributed by atoms with Crippen molar-refractivity contribution in [3.8, 4) is 73.1 Å². The lowest BCUT2D eigenvalue weighted by Gasteiger charge is -2.20. The van der Waals surface area contributed by atoms with Crippen LogP contribution >= 0.6 is 0 Å². The zero-order valence-corrected chi connectivity index (χ0v) is 37.3. The Morgan fingerprint density at radius 3 is 1.07 bits per heavy atom. The Bertz CT molecular complexity index is 3800. The molecule has 328 valence electrons. The lowest BCUT2D eigenvalue weighted by molar-refractivity contribution is -0.137. The van der Waals surface area contributed by atoms with Gasteiger partial charge in [-0.2, -0.15) is 18.4 Å². The number of nitrogens with zero attached hydrogens (tertiary/aromatic N) is 3. The van der Waals surface area contributed by atoms with E-state index in [0.717, 1.165) is 88.1 Å². The second-order valence-electron chi connectivity index (χ2n) is 17.6. The van der Waals surface area contributed by atoms with Crippen LogP contribution in [0.3, 0.4) is 0 Å². The van der Waals surface area contributed by atoms with Crippen LogP contribution < -0.4 is 0 Å². The van der Waals surface area contributed by atoms with Gasteiger partial charge in [-0.05, 0) is 135 Å². The summed E-state index contributed by atoms with van der Waals surface area (Å²) in [7, 11) is 0. The first-order valence-corrected chi connectivity index (χ1v) is 22.9.